The minimum atomic E-state index is -1.20. The Bertz CT molecular complexity index is 3230. The number of piperazine rings is 1. The molecule has 3 atom stereocenters. The minimum absolute atomic E-state index is 0.0148. The van der Waals surface area contributed by atoms with Gasteiger partial charge in [0.25, 0.3) is 0 Å². The SMILES string of the molecule is COc1cc2c(Oc3ccc(NC(=O)C4(C(=O)Nc5ccc(F)cc5)CC4)cc3)ccnc2cc1N1CCN(C(=O)CCCCCC(=O)N[C@H](C(=O)N2C[C@H](O)C[C@H]2C(=O)NCc2ccc(-c3scnc3C)cc2)C(C)(C)C)CC1. The third kappa shape index (κ3) is 13.4. The second-order valence-corrected chi connectivity index (χ2v) is 22.7. The number of likely N-dealkylation sites (tertiary alicyclic amines) is 1. The summed E-state index contributed by atoms with van der Waals surface area (Å²) in [5.74, 6) is -0.660. The molecule has 6 aromatic rings. The molecule has 1 aliphatic carbocycles. The molecule has 18 nitrogen and oxygen atoms in total. The largest absolute Gasteiger partial charge is 0.495 e. The minimum Gasteiger partial charge on any atom is -0.495 e. The topological polar surface area (TPSA) is 225 Å². The van der Waals surface area contributed by atoms with Crippen LogP contribution < -0.4 is 35.6 Å². The highest BCUT2D eigenvalue weighted by molar-refractivity contribution is 7.13. The average Bonchev–Trinajstić information content (AvgIpc) is 4.05. The molecule has 80 heavy (non-hydrogen) atoms. The number of carbonyl (C=O) groups excluding carboxylic acids is 6. The summed E-state index contributed by atoms with van der Waals surface area (Å²) in [6.07, 6.45) is 3.95. The number of benzene rings is 4. The molecule has 1 saturated carbocycles. The molecular formula is C60H68FN9O9S. The van der Waals surface area contributed by atoms with E-state index in [0.717, 1.165) is 32.8 Å². The number of aryl methyl sites for hydroxylation is 1. The lowest BCUT2D eigenvalue weighted by atomic mass is 9.85. The summed E-state index contributed by atoms with van der Waals surface area (Å²) in [4.78, 5) is 96.2. The van der Waals surface area contributed by atoms with Gasteiger partial charge < -0.3 is 50.5 Å². The third-order valence-corrected chi connectivity index (χ3v) is 16.0. The second kappa shape index (κ2) is 24.6. The van der Waals surface area contributed by atoms with E-state index >= 15 is 0 Å². The number of halogens is 1. The van der Waals surface area contributed by atoms with Gasteiger partial charge in [-0.1, -0.05) is 51.5 Å². The number of aliphatic hydroxyl groups is 1. The Morgan fingerprint density at radius 3 is 2.11 bits per heavy atom. The van der Waals surface area contributed by atoms with E-state index in [2.05, 4.69) is 36.1 Å². The van der Waals surface area contributed by atoms with Crippen LogP contribution in [-0.4, -0.2) is 118 Å². The molecule has 2 aromatic heterocycles. The van der Waals surface area contributed by atoms with Crippen LogP contribution in [-0.2, 0) is 35.3 Å². The zero-order chi connectivity index (χ0) is 56.7. The van der Waals surface area contributed by atoms with Gasteiger partial charge in [0.2, 0.25) is 35.4 Å². The number of unbranched alkanes of at least 4 members (excludes halogenated alkanes) is 2. The molecule has 0 unspecified atom stereocenters. The Hall–Kier alpha value is -7.97. The monoisotopic (exact) mass is 1110 g/mol. The summed E-state index contributed by atoms with van der Waals surface area (Å²) in [6, 6.07) is 23.9. The highest BCUT2D eigenvalue weighted by Gasteiger charge is 2.56. The maximum atomic E-state index is 14.1. The van der Waals surface area contributed by atoms with Gasteiger partial charge in [-0.2, -0.15) is 0 Å². The number of pyridine rings is 1. The number of β-amino-alcohol motifs (C(OH)–C–C–N with tert-alkyl or cyclic N) is 1. The molecule has 5 N–H and O–H groups in total. The number of fused-ring (bicyclic) bond motifs is 1. The van der Waals surface area contributed by atoms with Crippen molar-refractivity contribution in [2.45, 2.75) is 104 Å². The van der Waals surface area contributed by atoms with E-state index in [1.54, 1.807) is 55.0 Å². The number of amides is 6. The van der Waals surface area contributed by atoms with Gasteiger partial charge in [-0.25, -0.2) is 9.37 Å². The number of methoxy groups -OCH3 is 1. The number of carbonyl (C=O) groups is 6. The number of nitrogens with zero attached hydrogens (tertiary/aromatic N) is 5. The summed E-state index contributed by atoms with van der Waals surface area (Å²) in [6.45, 7) is 9.94. The van der Waals surface area contributed by atoms with Crippen molar-refractivity contribution in [2.24, 2.45) is 10.8 Å². The number of thiazole rings is 1. The van der Waals surface area contributed by atoms with Crippen molar-refractivity contribution in [3.05, 3.63) is 120 Å². The Morgan fingerprint density at radius 1 is 0.825 bits per heavy atom. The summed E-state index contributed by atoms with van der Waals surface area (Å²) in [5, 5.41) is 22.8. The molecule has 420 valence electrons. The quantitative estimate of drug-likeness (QED) is 0.0359. The smallest absolute Gasteiger partial charge is 0.246 e. The van der Waals surface area contributed by atoms with Gasteiger partial charge >= 0.3 is 0 Å². The summed E-state index contributed by atoms with van der Waals surface area (Å²) >= 11 is 1.57. The van der Waals surface area contributed by atoms with Gasteiger partial charge in [-0.15, -0.1) is 11.3 Å². The second-order valence-electron chi connectivity index (χ2n) is 21.8. The number of aliphatic hydroxyl groups excluding tert-OH is 1. The Kier molecular flexibility index (Phi) is 17.4. The molecule has 20 heteroatoms. The van der Waals surface area contributed by atoms with Gasteiger partial charge in [-0.3, -0.25) is 33.8 Å². The van der Waals surface area contributed by atoms with E-state index in [0.29, 0.717) is 98.8 Å². The zero-order valence-electron chi connectivity index (χ0n) is 45.7. The first-order valence-electron chi connectivity index (χ1n) is 27.1. The summed E-state index contributed by atoms with van der Waals surface area (Å²) < 4.78 is 25.5. The Balaban J connectivity index is 0.706. The van der Waals surface area contributed by atoms with Gasteiger partial charge in [-0.05, 0) is 116 Å². The lowest BCUT2D eigenvalue weighted by molar-refractivity contribution is -0.144. The van der Waals surface area contributed by atoms with Crippen LogP contribution in [0.5, 0.6) is 17.2 Å². The molecule has 0 bridgehead atoms. The fourth-order valence-electron chi connectivity index (χ4n) is 10.2. The van der Waals surface area contributed by atoms with Crippen molar-refractivity contribution in [2.75, 3.05) is 55.4 Å². The van der Waals surface area contributed by atoms with Crippen LogP contribution in [0.2, 0.25) is 0 Å². The van der Waals surface area contributed by atoms with Crippen molar-refractivity contribution < 1.29 is 47.7 Å². The van der Waals surface area contributed by atoms with E-state index in [-0.39, 0.29) is 43.7 Å². The molecular weight excluding hydrogens is 1040 g/mol. The number of ether oxygens (including phenoxy) is 2. The van der Waals surface area contributed by atoms with Gasteiger partial charge in [0.1, 0.15) is 40.6 Å². The number of hydrogen-bond acceptors (Lipinski definition) is 13. The van der Waals surface area contributed by atoms with E-state index in [9.17, 15) is 38.3 Å². The van der Waals surface area contributed by atoms with Crippen LogP contribution in [0.25, 0.3) is 21.3 Å². The average molecular weight is 1110 g/mol. The van der Waals surface area contributed by atoms with Crippen molar-refractivity contribution in [3.8, 4) is 27.7 Å². The number of hydrogen-bond donors (Lipinski definition) is 5. The van der Waals surface area contributed by atoms with Crippen LogP contribution in [0.1, 0.15) is 83.4 Å². The molecule has 2 saturated heterocycles. The lowest BCUT2D eigenvalue weighted by Gasteiger charge is -2.36. The van der Waals surface area contributed by atoms with Crippen molar-refractivity contribution in [3.63, 3.8) is 0 Å². The first-order valence-corrected chi connectivity index (χ1v) is 28.0. The first kappa shape index (κ1) is 56.7. The molecule has 4 heterocycles. The lowest BCUT2D eigenvalue weighted by Crippen LogP contribution is -2.57. The molecule has 0 spiro atoms. The predicted molar refractivity (Wildman–Crippen MR) is 304 cm³/mol. The standard InChI is InChI=1S/C60H68FN9O9S/c1-37-53(80-36-64-37)39-13-11-38(12-14-39)34-63-55(74)48-31-43(71)35-70(48)56(75)54(59(2,3)4)67-51(72)9-7-6-8-10-52(73)69-29-27-68(28-30-69)47-33-46-45(32-50(47)78-5)49(23-26-62-46)79-44-21-19-42(20-22-44)66-58(77)60(24-25-60)57(76)65-41-17-15-40(61)16-18-41/h11-23,26,32-33,36,43,48,54,71H,6-10,24-25,27-31,34-35H2,1-5H3,(H,63,74)(H,65,76)(H,66,77)(H,67,72)/t43-,48+,54-/m1/s1. The van der Waals surface area contributed by atoms with E-state index < -0.39 is 52.6 Å². The summed E-state index contributed by atoms with van der Waals surface area (Å²) in [5.41, 5.74) is 5.24. The number of anilines is 3. The fourth-order valence-corrected chi connectivity index (χ4v) is 11.0. The molecule has 6 amide bonds. The molecule has 4 aromatic carbocycles. The Morgan fingerprint density at radius 2 is 1.49 bits per heavy atom. The van der Waals surface area contributed by atoms with Gasteiger partial charge in [0.05, 0.1) is 40.5 Å². The van der Waals surface area contributed by atoms with Crippen molar-refractivity contribution >= 4 is 74.7 Å². The fraction of sp³-hybridized carbons (Fsp3) is 0.400. The summed E-state index contributed by atoms with van der Waals surface area (Å²) in [7, 11) is 1.60. The molecule has 0 radical (unpaired) electrons. The number of nitrogens with one attached hydrogen (secondary N) is 4. The van der Waals surface area contributed by atoms with Crippen LogP contribution in [0, 0.1) is 23.6 Å². The van der Waals surface area contributed by atoms with Crippen LogP contribution in [0.3, 0.4) is 0 Å². The van der Waals surface area contributed by atoms with Crippen LogP contribution >= 0.6 is 11.3 Å². The molecule has 3 aliphatic rings. The van der Waals surface area contributed by atoms with Crippen molar-refractivity contribution in [1.29, 1.82) is 0 Å². The molecule has 2 aliphatic heterocycles. The third-order valence-electron chi connectivity index (χ3n) is 15.0. The van der Waals surface area contributed by atoms with E-state index in [1.807, 2.05) is 74.5 Å². The predicted octanol–water partition coefficient (Wildman–Crippen LogP) is 8.37. The number of rotatable bonds is 20. The van der Waals surface area contributed by atoms with Crippen LogP contribution in [0.15, 0.2) is 103 Å². The number of aromatic nitrogens is 2. The maximum Gasteiger partial charge on any atom is 0.246 e. The van der Waals surface area contributed by atoms with Gasteiger partial charge in [0, 0.05) is 81.5 Å². The highest BCUT2D eigenvalue weighted by Crippen LogP contribution is 2.48. The molecule has 9 rings (SSSR count). The Labute approximate surface area is 468 Å². The van der Waals surface area contributed by atoms with Gasteiger partial charge in [0.15, 0.2) is 0 Å². The normalized spacial score (nSPS) is 17.1. The van der Waals surface area contributed by atoms with E-state index in [1.165, 1.54) is 29.2 Å². The molecule has 3 fully saturated rings. The van der Waals surface area contributed by atoms with E-state index in [4.69, 9.17) is 9.47 Å². The first-order chi connectivity index (χ1) is 38.4. The maximum absolute atomic E-state index is 14.1. The highest BCUT2D eigenvalue weighted by atomic mass is 32.1. The zero-order valence-corrected chi connectivity index (χ0v) is 46.5. The van der Waals surface area contributed by atoms with Crippen molar-refractivity contribution in [1.82, 2.24) is 30.4 Å². The van der Waals surface area contributed by atoms with Crippen LogP contribution in [0.4, 0.5) is 21.5 Å².